The number of rotatable bonds is 5. The summed E-state index contributed by atoms with van der Waals surface area (Å²) in [7, 11) is -4.50. The monoisotopic (exact) mass is 451 g/mol. The molecule has 0 radical (unpaired) electrons. The van der Waals surface area contributed by atoms with Gasteiger partial charge in [0.1, 0.15) is 13.1 Å². The minimum Gasteiger partial charge on any atom is -0.330 e. The molecule has 2 amide bonds. The minimum atomic E-state index is -4.50. The van der Waals surface area contributed by atoms with E-state index in [1.54, 1.807) is 0 Å². The Morgan fingerprint density at radius 1 is 1.19 bits per heavy atom. The van der Waals surface area contributed by atoms with Gasteiger partial charge in [0.25, 0.3) is 27.2 Å². The first kappa shape index (κ1) is 21.9. The average molecular weight is 451 g/mol. The number of benzene rings is 1. The molecule has 14 heteroatoms. The first-order valence-electron chi connectivity index (χ1n) is 8.89. The lowest BCUT2D eigenvalue weighted by Gasteiger charge is -2.33. The van der Waals surface area contributed by atoms with Gasteiger partial charge >= 0.3 is 5.69 Å². The molecule has 3 rings (SSSR count). The van der Waals surface area contributed by atoms with Crippen LogP contribution in [0.4, 0.5) is 5.69 Å². The van der Waals surface area contributed by atoms with Crippen LogP contribution < -0.4 is 11.2 Å². The molecule has 1 N–H and O–H groups in total. The summed E-state index contributed by atoms with van der Waals surface area (Å²) >= 11 is 0. The molecule has 1 aliphatic rings. The number of amides is 2. The molecule has 0 bridgehead atoms. The Labute approximate surface area is 174 Å². The maximum Gasteiger partial charge on any atom is 0.328 e. The largest absolute Gasteiger partial charge is 0.330 e. The highest BCUT2D eigenvalue weighted by Crippen LogP contribution is 2.27. The van der Waals surface area contributed by atoms with Gasteiger partial charge in [0.15, 0.2) is 4.90 Å². The summed E-state index contributed by atoms with van der Waals surface area (Å²) < 4.78 is 27.1. The number of aromatic nitrogens is 2. The van der Waals surface area contributed by atoms with Crippen LogP contribution in [0.25, 0.3) is 0 Å². The van der Waals surface area contributed by atoms with Gasteiger partial charge < -0.3 is 4.90 Å². The van der Waals surface area contributed by atoms with Crippen molar-refractivity contribution in [2.45, 2.75) is 18.4 Å². The number of para-hydroxylation sites is 1. The second-order valence-electron chi connectivity index (χ2n) is 6.71. The van der Waals surface area contributed by atoms with Gasteiger partial charge in [0.2, 0.25) is 5.91 Å². The number of aromatic amines is 1. The Hall–Kier alpha value is -3.81. The normalized spacial score (nSPS) is 14.5. The van der Waals surface area contributed by atoms with Crippen LogP contribution in [0.2, 0.25) is 0 Å². The molecule has 0 saturated carbocycles. The van der Waals surface area contributed by atoms with Crippen molar-refractivity contribution >= 4 is 27.5 Å². The number of nitrogens with one attached hydrogen (secondary N) is 1. The number of sulfonamides is 1. The zero-order chi connectivity index (χ0) is 22.9. The lowest BCUT2D eigenvalue weighted by Crippen LogP contribution is -2.54. The van der Waals surface area contributed by atoms with Gasteiger partial charge in [-0.25, -0.2) is 17.5 Å². The van der Waals surface area contributed by atoms with Gasteiger partial charge in [-0.1, -0.05) is 12.1 Å². The molecular formula is C17H17N5O8S. The number of carbonyl (C=O) groups is 2. The van der Waals surface area contributed by atoms with Crippen molar-refractivity contribution in [1.29, 1.82) is 0 Å². The molecule has 31 heavy (non-hydrogen) atoms. The number of aryl methyl sites for hydroxylation is 1. The van der Waals surface area contributed by atoms with Crippen molar-refractivity contribution in [1.82, 2.24) is 18.8 Å². The SMILES string of the molecule is Cc1cn(CC(=O)N2CCN(S(=O)(=O)c3ccccc3[N+](=O)[O-])C(=O)C2)c(=O)[nH]c1=O. The predicted octanol–water partition coefficient (Wildman–Crippen LogP) is -1.19. The van der Waals surface area contributed by atoms with Crippen LogP contribution in [0.15, 0.2) is 44.9 Å². The Kier molecular flexibility index (Phi) is 5.75. The van der Waals surface area contributed by atoms with Gasteiger partial charge in [-0.15, -0.1) is 0 Å². The van der Waals surface area contributed by atoms with Crippen LogP contribution in [0.3, 0.4) is 0 Å². The van der Waals surface area contributed by atoms with Gasteiger partial charge in [0, 0.05) is 24.4 Å². The van der Waals surface area contributed by atoms with E-state index in [4.69, 9.17) is 0 Å². The maximum atomic E-state index is 12.8. The molecule has 1 aromatic heterocycles. The number of H-pyrrole nitrogens is 1. The lowest BCUT2D eigenvalue weighted by atomic mass is 10.3. The Morgan fingerprint density at radius 2 is 1.87 bits per heavy atom. The predicted molar refractivity (Wildman–Crippen MR) is 105 cm³/mol. The molecule has 1 fully saturated rings. The summed E-state index contributed by atoms with van der Waals surface area (Å²) in [6.45, 7) is -0.161. The van der Waals surface area contributed by atoms with Crippen molar-refractivity contribution in [2.24, 2.45) is 0 Å². The highest BCUT2D eigenvalue weighted by atomic mass is 32.2. The van der Waals surface area contributed by atoms with Crippen molar-refractivity contribution in [3.8, 4) is 0 Å². The van der Waals surface area contributed by atoms with Crippen molar-refractivity contribution in [3.05, 3.63) is 67.0 Å². The van der Waals surface area contributed by atoms with E-state index in [1.807, 2.05) is 0 Å². The summed E-state index contributed by atoms with van der Waals surface area (Å²) in [4.78, 5) is 61.0. The second kappa shape index (κ2) is 8.14. The number of hydrogen-bond donors (Lipinski definition) is 1. The molecule has 0 atom stereocenters. The molecule has 0 spiro atoms. The van der Waals surface area contributed by atoms with Crippen LogP contribution in [0.5, 0.6) is 0 Å². The molecule has 1 aliphatic heterocycles. The molecule has 0 aliphatic carbocycles. The zero-order valence-electron chi connectivity index (χ0n) is 16.2. The molecule has 13 nitrogen and oxygen atoms in total. The topological polar surface area (TPSA) is 173 Å². The number of carbonyl (C=O) groups excluding carboxylic acids is 2. The summed E-state index contributed by atoms with van der Waals surface area (Å²) in [5.41, 5.74) is -1.84. The summed E-state index contributed by atoms with van der Waals surface area (Å²) in [6.07, 6.45) is 1.20. The van der Waals surface area contributed by atoms with Crippen LogP contribution >= 0.6 is 0 Å². The summed E-state index contributed by atoms with van der Waals surface area (Å²) in [5, 5.41) is 11.2. The van der Waals surface area contributed by atoms with Gasteiger partial charge in [0.05, 0.1) is 11.5 Å². The number of hydrogen-bond acceptors (Lipinski definition) is 8. The maximum absolute atomic E-state index is 12.8. The molecule has 1 saturated heterocycles. The molecule has 0 unspecified atom stereocenters. The number of nitrogens with zero attached hydrogens (tertiary/aromatic N) is 4. The van der Waals surface area contributed by atoms with Crippen LogP contribution in [-0.2, 0) is 26.2 Å². The Bertz CT molecular complexity index is 1300. The van der Waals surface area contributed by atoms with Crippen LogP contribution in [0.1, 0.15) is 5.56 Å². The average Bonchev–Trinajstić information content (AvgIpc) is 2.71. The smallest absolute Gasteiger partial charge is 0.328 e. The standard InChI is InChI=1S/C17H17N5O8S/c1-11-8-20(17(26)18-16(11)25)9-14(23)19-6-7-21(15(24)10-19)31(29,30)13-5-3-2-4-12(13)22(27)28/h2-5,8H,6-7,9-10H2,1H3,(H,18,25,26). The van der Waals surface area contributed by atoms with E-state index in [0.717, 1.165) is 21.6 Å². The first-order valence-corrected chi connectivity index (χ1v) is 10.3. The molecule has 2 aromatic rings. The van der Waals surface area contributed by atoms with Crippen molar-refractivity contribution in [3.63, 3.8) is 0 Å². The van der Waals surface area contributed by atoms with Gasteiger partial charge in [-0.2, -0.15) is 0 Å². The van der Waals surface area contributed by atoms with Crippen molar-refractivity contribution < 1.29 is 22.9 Å². The van der Waals surface area contributed by atoms with E-state index in [-0.39, 0.29) is 12.1 Å². The van der Waals surface area contributed by atoms with E-state index < -0.39 is 68.2 Å². The van der Waals surface area contributed by atoms with E-state index >= 15 is 0 Å². The Balaban J connectivity index is 1.78. The van der Waals surface area contributed by atoms with E-state index in [9.17, 15) is 37.7 Å². The lowest BCUT2D eigenvalue weighted by molar-refractivity contribution is -0.387. The minimum absolute atomic E-state index is 0.165. The fourth-order valence-corrected chi connectivity index (χ4v) is 4.59. The van der Waals surface area contributed by atoms with E-state index in [2.05, 4.69) is 4.98 Å². The molecular weight excluding hydrogens is 434 g/mol. The van der Waals surface area contributed by atoms with Gasteiger partial charge in [-0.05, 0) is 13.0 Å². The van der Waals surface area contributed by atoms with Crippen LogP contribution in [0, 0.1) is 17.0 Å². The molecule has 164 valence electrons. The number of nitro groups is 1. The summed E-state index contributed by atoms with van der Waals surface area (Å²) in [6, 6.07) is 4.65. The highest BCUT2D eigenvalue weighted by molar-refractivity contribution is 7.89. The highest BCUT2D eigenvalue weighted by Gasteiger charge is 2.38. The van der Waals surface area contributed by atoms with E-state index in [0.29, 0.717) is 4.31 Å². The number of piperazine rings is 1. The van der Waals surface area contributed by atoms with Crippen molar-refractivity contribution in [2.75, 3.05) is 19.6 Å². The first-order chi connectivity index (χ1) is 14.5. The fraction of sp³-hybridized carbons (Fsp3) is 0.294. The van der Waals surface area contributed by atoms with Gasteiger partial charge in [-0.3, -0.25) is 34.0 Å². The molecule has 2 heterocycles. The third-order valence-electron chi connectivity index (χ3n) is 4.65. The zero-order valence-corrected chi connectivity index (χ0v) is 17.0. The third kappa shape index (κ3) is 4.23. The number of nitro benzene ring substituents is 1. The fourth-order valence-electron chi connectivity index (χ4n) is 3.05. The van der Waals surface area contributed by atoms with Crippen LogP contribution in [-0.4, -0.2) is 63.5 Å². The second-order valence-corrected chi connectivity index (χ2v) is 8.54. The summed E-state index contributed by atoms with van der Waals surface area (Å²) in [5.74, 6) is -1.58. The third-order valence-corrected chi connectivity index (χ3v) is 6.52. The Morgan fingerprint density at radius 3 is 2.52 bits per heavy atom. The molecule has 1 aromatic carbocycles. The van der Waals surface area contributed by atoms with E-state index in [1.165, 1.54) is 25.3 Å². The quantitative estimate of drug-likeness (QED) is 0.436.